The van der Waals surface area contributed by atoms with E-state index in [9.17, 15) is 0 Å². The largest absolute Gasteiger partial charge is 0.493 e. The fourth-order valence-electron chi connectivity index (χ4n) is 1.71. The highest BCUT2D eigenvalue weighted by Gasteiger charge is 2.12. The maximum absolute atomic E-state index is 6.08. The number of hydrogen-bond donors (Lipinski definition) is 1. The Hall–Kier alpha value is -0.930. The molecule has 18 heavy (non-hydrogen) atoms. The molecule has 0 heterocycles. The summed E-state index contributed by atoms with van der Waals surface area (Å²) in [6.07, 6.45) is 0. The Bertz CT molecular complexity index is 380. The number of benzene rings is 1. The van der Waals surface area contributed by atoms with Gasteiger partial charge in [-0.25, -0.2) is 0 Å². The molecular formula is C14H22ClNO2. The van der Waals surface area contributed by atoms with Gasteiger partial charge in [-0.05, 0) is 25.5 Å². The van der Waals surface area contributed by atoms with E-state index in [1.807, 2.05) is 13.0 Å². The SMILES string of the molecule is CCOc1c(CNCC(C)C)cc(Cl)cc1OC. The number of hydrogen-bond acceptors (Lipinski definition) is 3. The summed E-state index contributed by atoms with van der Waals surface area (Å²) in [5.74, 6) is 2.08. The molecular weight excluding hydrogens is 250 g/mol. The van der Waals surface area contributed by atoms with Crippen molar-refractivity contribution in [3.8, 4) is 11.5 Å². The monoisotopic (exact) mass is 271 g/mol. The van der Waals surface area contributed by atoms with Crippen molar-refractivity contribution in [1.82, 2.24) is 5.32 Å². The summed E-state index contributed by atoms with van der Waals surface area (Å²) in [6.45, 7) is 8.60. The predicted molar refractivity (Wildman–Crippen MR) is 75.7 cm³/mol. The van der Waals surface area contributed by atoms with Crippen LogP contribution < -0.4 is 14.8 Å². The minimum atomic E-state index is 0.606. The van der Waals surface area contributed by atoms with Crippen molar-refractivity contribution in [2.45, 2.75) is 27.3 Å². The predicted octanol–water partition coefficient (Wildman–Crippen LogP) is 3.49. The highest BCUT2D eigenvalue weighted by Crippen LogP contribution is 2.34. The van der Waals surface area contributed by atoms with Gasteiger partial charge in [-0.2, -0.15) is 0 Å². The summed E-state index contributed by atoms with van der Waals surface area (Å²) in [4.78, 5) is 0. The Labute approximate surface area is 114 Å². The molecule has 0 saturated carbocycles. The van der Waals surface area contributed by atoms with Gasteiger partial charge in [0, 0.05) is 23.2 Å². The first-order valence-corrected chi connectivity index (χ1v) is 6.66. The molecule has 0 atom stereocenters. The van der Waals surface area contributed by atoms with Crippen LogP contribution in [-0.2, 0) is 6.54 Å². The molecule has 0 aromatic heterocycles. The Morgan fingerprint density at radius 3 is 2.61 bits per heavy atom. The number of nitrogens with one attached hydrogen (secondary N) is 1. The lowest BCUT2D eigenvalue weighted by Crippen LogP contribution is -2.19. The van der Waals surface area contributed by atoms with Gasteiger partial charge in [0.25, 0.3) is 0 Å². The van der Waals surface area contributed by atoms with Gasteiger partial charge in [0.2, 0.25) is 0 Å². The van der Waals surface area contributed by atoms with Gasteiger partial charge in [0.05, 0.1) is 13.7 Å². The van der Waals surface area contributed by atoms with Gasteiger partial charge in [-0.3, -0.25) is 0 Å². The maximum atomic E-state index is 6.08. The Morgan fingerprint density at radius 1 is 1.33 bits per heavy atom. The lowest BCUT2D eigenvalue weighted by atomic mass is 10.1. The molecule has 0 spiro atoms. The third kappa shape index (κ3) is 4.39. The molecule has 0 radical (unpaired) electrons. The van der Waals surface area contributed by atoms with E-state index in [-0.39, 0.29) is 0 Å². The average molecular weight is 272 g/mol. The molecule has 0 saturated heterocycles. The molecule has 1 N–H and O–H groups in total. The van der Waals surface area contributed by atoms with Crippen molar-refractivity contribution in [2.24, 2.45) is 5.92 Å². The number of rotatable bonds is 7. The van der Waals surface area contributed by atoms with E-state index in [1.165, 1.54) is 0 Å². The van der Waals surface area contributed by atoms with Gasteiger partial charge in [-0.15, -0.1) is 0 Å². The van der Waals surface area contributed by atoms with Gasteiger partial charge >= 0.3 is 0 Å². The van der Waals surface area contributed by atoms with E-state index in [1.54, 1.807) is 13.2 Å². The zero-order valence-electron chi connectivity index (χ0n) is 11.5. The third-order valence-corrected chi connectivity index (χ3v) is 2.69. The molecule has 0 unspecified atom stereocenters. The van der Waals surface area contributed by atoms with Crippen LogP contribution in [-0.4, -0.2) is 20.3 Å². The van der Waals surface area contributed by atoms with Gasteiger partial charge in [0.15, 0.2) is 11.5 Å². The summed E-state index contributed by atoms with van der Waals surface area (Å²) in [5.41, 5.74) is 1.03. The number of methoxy groups -OCH3 is 1. The highest BCUT2D eigenvalue weighted by molar-refractivity contribution is 6.30. The molecule has 0 aliphatic rings. The zero-order valence-corrected chi connectivity index (χ0v) is 12.3. The lowest BCUT2D eigenvalue weighted by molar-refractivity contribution is 0.306. The fourth-order valence-corrected chi connectivity index (χ4v) is 1.94. The summed E-state index contributed by atoms with van der Waals surface area (Å²) in [5, 5.41) is 4.05. The van der Waals surface area contributed by atoms with Crippen molar-refractivity contribution in [2.75, 3.05) is 20.3 Å². The van der Waals surface area contributed by atoms with Crippen LogP contribution in [0.3, 0.4) is 0 Å². The third-order valence-electron chi connectivity index (χ3n) is 2.47. The topological polar surface area (TPSA) is 30.5 Å². The molecule has 1 rings (SSSR count). The molecule has 0 amide bonds. The van der Waals surface area contributed by atoms with Crippen LogP contribution in [0, 0.1) is 5.92 Å². The van der Waals surface area contributed by atoms with E-state index in [0.717, 1.165) is 24.4 Å². The van der Waals surface area contributed by atoms with Gasteiger partial charge < -0.3 is 14.8 Å². The normalized spacial score (nSPS) is 10.8. The zero-order chi connectivity index (χ0) is 13.5. The minimum absolute atomic E-state index is 0.606. The first-order valence-electron chi connectivity index (χ1n) is 6.28. The van der Waals surface area contributed by atoms with E-state index < -0.39 is 0 Å². The Kier molecular flexibility index (Phi) is 6.30. The molecule has 0 aliphatic heterocycles. The van der Waals surface area contributed by atoms with Crippen molar-refractivity contribution < 1.29 is 9.47 Å². The maximum Gasteiger partial charge on any atom is 0.165 e. The summed E-state index contributed by atoms with van der Waals surface area (Å²) >= 11 is 6.08. The van der Waals surface area contributed by atoms with Crippen LogP contribution in [0.4, 0.5) is 0 Å². The molecule has 3 nitrogen and oxygen atoms in total. The standard InChI is InChI=1S/C14H22ClNO2/c1-5-18-14-11(9-16-8-10(2)3)6-12(15)7-13(14)17-4/h6-7,10,16H,5,8-9H2,1-4H3. The average Bonchev–Trinajstić information content (AvgIpc) is 2.31. The molecule has 0 fully saturated rings. The summed E-state index contributed by atoms with van der Waals surface area (Å²) in [7, 11) is 1.62. The number of ether oxygens (including phenoxy) is 2. The molecule has 102 valence electrons. The molecule has 0 aliphatic carbocycles. The van der Waals surface area contributed by atoms with Crippen LogP contribution in [0.5, 0.6) is 11.5 Å². The van der Waals surface area contributed by atoms with Gasteiger partial charge in [-0.1, -0.05) is 25.4 Å². The van der Waals surface area contributed by atoms with Crippen LogP contribution in [0.2, 0.25) is 5.02 Å². The Morgan fingerprint density at radius 2 is 2.06 bits per heavy atom. The van der Waals surface area contributed by atoms with Gasteiger partial charge in [0.1, 0.15) is 0 Å². The van der Waals surface area contributed by atoms with E-state index in [0.29, 0.717) is 23.3 Å². The molecule has 4 heteroatoms. The van der Waals surface area contributed by atoms with E-state index in [4.69, 9.17) is 21.1 Å². The Balaban J connectivity index is 2.88. The molecule has 1 aromatic carbocycles. The van der Waals surface area contributed by atoms with Crippen LogP contribution in [0.1, 0.15) is 26.3 Å². The van der Waals surface area contributed by atoms with Crippen molar-refractivity contribution >= 4 is 11.6 Å². The summed E-state index contributed by atoms with van der Waals surface area (Å²) in [6, 6.07) is 3.70. The quantitative estimate of drug-likeness (QED) is 0.823. The van der Waals surface area contributed by atoms with E-state index >= 15 is 0 Å². The minimum Gasteiger partial charge on any atom is -0.493 e. The van der Waals surface area contributed by atoms with Crippen molar-refractivity contribution in [3.05, 3.63) is 22.7 Å². The first-order chi connectivity index (χ1) is 8.58. The highest BCUT2D eigenvalue weighted by atomic mass is 35.5. The smallest absolute Gasteiger partial charge is 0.165 e. The molecule has 1 aromatic rings. The second-order valence-electron chi connectivity index (χ2n) is 4.55. The first kappa shape index (κ1) is 15.1. The van der Waals surface area contributed by atoms with Crippen molar-refractivity contribution in [3.63, 3.8) is 0 Å². The second-order valence-corrected chi connectivity index (χ2v) is 4.99. The summed E-state index contributed by atoms with van der Waals surface area (Å²) < 4.78 is 11.0. The number of halogens is 1. The van der Waals surface area contributed by atoms with E-state index in [2.05, 4.69) is 19.2 Å². The fraction of sp³-hybridized carbons (Fsp3) is 0.571. The lowest BCUT2D eigenvalue weighted by Gasteiger charge is -2.16. The van der Waals surface area contributed by atoms with Crippen LogP contribution in [0.15, 0.2) is 12.1 Å². The van der Waals surface area contributed by atoms with Crippen LogP contribution >= 0.6 is 11.6 Å². The second kappa shape index (κ2) is 7.49. The molecule has 0 bridgehead atoms. The van der Waals surface area contributed by atoms with Crippen LogP contribution in [0.25, 0.3) is 0 Å². The van der Waals surface area contributed by atoms with Crippen molar-refractivity contribution in [1.29, 1.82) is 0 Å².